The lowest BCUT2D eigenvalue weighted by atomic mass is 10.2. The van der Waals surface area contributed by atoms with Crippen molar-refractivity contribution in [2.24, 2.45) is 5.73 Å². The Hall–Kier alpha value is -0.900. The zero-order valence-electron chi connectivity index (χ0n) is 8.39. The first-order valence-corrected chi connectivity index (χ1v) is 4.76. The predicted octanol–water partition coefficient (Wildman–Crippen LogP) is 0.911. The molecule has 0 bridgehead atoms. The van der Waals surface area contributed by atoms with E-state index >= 15 is 0 Å². The molecule has 0 spiro atoms. The third-order valence-electron chi connectivity index (χ3n) is 2.17. The molecular weight excluding hydrogens is 178 g/mol. The molecule has 1 rings (SSSR count). The Labute approximate surface area is 84.5 Å². The predicted molar refractivity (Wildman–Crippen MR) is 55.8 cm³/mol. The Kier molecular flexibility index (Phi) is 4.59. The number of aliphatic hydroxyl groups is 1. The van der Waals surface area contributed by atoms with Crippen LogP contribution in [-0.2, 0) is 11.3 Å². The molecule has 0 aliphatic heterocycles. The Morgan fingerprint density at radius 3 is 2.57 bits per heavy atom. The van der Waals surface area contributed by atoms with Crippen LogP contribution < -0.4 is 5.73 Å². The molecule has 0 aliphatic carbocycles. The minimum atomic E-state index is -0.307. The second-order valence-electron chi connectivity index (χ2n) is 3.35. The zero-order valence-corrected chi connectivity index (χ0v) is 8.39. The molecule has 0 amide bonds. The fraction of sp³-hybridized carbons (Fsp3) is 0.455. The van der Waals surface area contributed by atoms with Crippen molar-refractivity contribution in [1.29, 1.82) is 0 Å². The second-order valence-corrected chi connectivity index (χ2v) is 3.35. The summed E-state index contributed by atoms with van der Waals surface area (Å²) >= 11 is 0. The van der Waals surface area contributed by atoms with Gasteiger partial charge in [0.05, 0.1) is 25.4 Å². The molecule has 1 aromatic carbocycles. The molecule has 0 aliphatic rings. The number of nitrogens with two attached hydrogens (primary N) is 1. The van der Waals surface area contributed by atoms with E-state index in [1.54, 1.807) is 0 Å². The summed E-state index contributed by atoms with van der Waals surface area (Å²) in [5, 5.41) is 8.80. The lowest BCUT2D eigenvalue weighted by molar-refractivity contribution is 0.0224. The highest BCUT2D eigenvalue weighted by atomic mass is 16.5. The van der Waals surface area contributed by atoms with Gasteiger partial charge < -0.3 is 15.6 Å². The first-order valence-electron chi connectivity index (χ1n) is 4.76. The van der Waals surface area contributed by atoms with Gasteiger partial charge in [-0.3, -0.25) is 0 Å². The van der Waals surface area contributed by atoms with Crippen LogP contribution in [0.1, 0.15) is 12.5 Å². The monoisotopic (exact) mass is 195 g/mol. The van der Waals surface area contributed by atoms with Crippen LogP contribution in [0.3, 0.4) is 0 Å². The molecule has 1 unspecified atom stereocenters. The zero-order chi connectivity index (χ0) is 10.4. The van der Waals surface area contributed by atoms with Gasteiger partial charge in [-0.15, -0.1) is 0 Å². The molecule has 0 aromatic heterocycles. The molecule has 2 atom stereocenters. The molecule has 0 fully saturated rings. The van der Waals surface area contributed by atoms with E-state index in [9.17, 15) is 0 Å². The largest absolute Gasteiger partial charge is 0.395 e. The summed E-state index contributed by atoms with van der Waals surface area (Å²) in [5.74, 6) is 0. The van der Waals surface area contributed by atoms with Crippen molar-refractivity contribution in [2.75, 3.05) is 6.61 Å². The average Bonchev–Trinajstić information content (AvgIpc) is 2.26. The van der Waals surface area contributed by atoms with Crippen molar-refractivity contribution >= 4 is 0 Å². The van der Waals surface area contributed by atoms with Crippen molar-refractivity contribution in [3.8, 4) is 0 Å². The first-order chi connectivity index (χ1) is 6.74. The number of hydrogen-bond acceptors (Lipinski definition) is 3. The number of benzene rings is 1. The van der Waals surface area contributed by atoms with E-state index in [2.05, 4.69) is 0 Å². The van der Waals surface area contributed by atoms with Gasteiger partial charge >= 0.3 is 0 Å². The van der Waals surface area contributed by atoms with E-state index in [1.165, 1.54) is 0 Å². The summed E-state index contributed by atoms with van der Waals surface area (Å²) in [5.41, 5.74) is 6.72. The third-order valence-corrected chi connectivity index (χ3v) is 2.17. The van der Waals surface area contributed by atoms with E-state index in [0.717, 1.165) is 5.56 Å². The van der Waals surface area contributed by atoms with Gasteiger partial charge in [0.15, 0.2) is 0 Å². The minimum absolute atomic E-state index is 0.0457. The van der Waals surface area contributed by atoms with Gasteiger partial charge in [0.2, 0.25) is 0 Å². The SMILES string of the molecule is CC(OCc1ccccc1)[C@H](N)CO. The maximum Gasteiger partial charge on any atom is 0.0724 e. The fourth-order valence-corrected chi connectivity index (χ4v) is 1.07. The van der Waals surface area contributed by atoms with Crippen LogP contribution >= 0.6 is 0 Å². The van der Waals surface area contributed by atoms with E-state index in [0.29, 0.717) is 6.61 Å². The minimum Gasteiger partial charge on any atom is -0.395 e. The molecule has 0 radical (unpaired) electrons. The lowest BCUT2D eigenvalue weighted by Crippen LogP contribution is -2.37. The van der Waals surface area contributed by atoms with E-state index in [1.807, 2.05) is 37.3 Å². The summed E-state index contributed by atoms with van der Waals surface area (Å²) in [4.78, 5) is 0. The molecular formula is C11H17NO2. The quantitative estimate of drug-likeness (QED) is 0.734. The molecule has 0 saturated heterocycles. The standard InChI is InChI=1S/C11H17NO2/c1-9(11(12)7-13)14-8-10-5-3-2-4-6-10/h2-6,9,11,13H,7-8,12H2,1H3/t9?,11-/m1/s1. The summed E-state index contributed by atoms with van der Waals surface area (Å²) in [6, 6.07) is 9.59. The van der Waals surface area contributed by atoms with Crippen LogP contribution in [0.5, 0.6) is 0 Å². The molecule has 3 N–H and O–H groups in total. The van der Waals surface area contributed by atoms with Crippen molar-refractivity contribution in [3.05, 3.63) is 35.9 Å². The molecule has 1 aromatic rings. The second kappa shape index (κ2) is 5.75. The van der Waals surface area contributed by atoms with Crippen molar-refractivity contribution in [3.63, 3.8) is 0 Å². The smallest absolute Gasteiger partial charge is 0.0724 e. The molecule has 0 saturated carbocycles. The molecule has 3 heteroatoms. The highest BCUT2D eigenvalue weighted by molar-refractivity contribution is 5.13. The van der Waals surface area contributed by atoms with Gasteiger partial charge in [-0.1, -0.05) is 30.3 Å². The first kappa shape index (κ1) is 11.2. The van der Waals surface area contributed by atoms with Crippen LogP contribution in [0.2, 0.25) is 0 Å². The number of hydrogen-bond donors (Lipinski definition) is 2. The van der Waals surface area contributed by atoms with Crippen molar-refractivity contribution in [1.82, 2.24) is 0 Å². The van der Waals surface area contributed by atoms with Crippen LogP contribution in [0, 0.1) is 0 Å². The average molecular weight is 195 g/mol. The van der Waals surface area contributed by atoms with Gasteiger partial charge in [-0.05, 0) is 12.5 Å². The lowest BCUT2D eigenvalue weighted by Gasteiger charge is -2.18. The summed E-state index contributed by atoms with van der Waals surface area (Å²) in [7, 11) is 0. The molecule has 3 nitrogen and oxygen atoms in total. The molecule has 0 heterocycles. The van der Waals surface area contributed by atoms with Crippen molar-refractivity contribution < 1.29 is 9.84 Å². The highest BCUT2D eigenvalue weighted by Gasteiger charge is 2.11. The van der Waals surface area contributed by atoms with E-state index in [4.69, 9.17) is 15.6 Å². The van der Waals surface area contributed by atoms with E-state index < -0.39 is 0 Å². The summed E-state index contributed by atoms with van der Waals surface area (Å²) in [6.07, 6.45) is -0.125. The summed E-state index contributed by atoms with van der Waals surface area (Å²) < 4.78 is 5.50. The highest BCUT2D eigenvalue weighted by Crippen LogP contribution is 2.04. The maximum atomic E-state index is 8.80. The van der Waals surface area contributed by atoms with Gasteiger partial charge in [-0.2, -0.15) is 0 Å². The Morgan fingerprint density at radius 1 is 1.36 bits per heavy atom. The molecule has 78 valence electrons. The Bertz CT molecular complexity index is 251. The van der Waals surface area contributed by atoms with Gasteiger partial charge in [0.25, 0.3) is 0 Å². The van der Waals surface area contributed by atoms with Gasteiger partial charge in [-0.25, -0.2) is 0 Å². The van der Waals surface area contributed by atoms with Crippen LogP contribution in [-0.4, -0.2) is 23.9 Å². The number of aliphatic hydroxyl groups excluding tert-OH is 1. The van der Waals surface area contributed by atoms with Crippen LogP contribution in [0.4, 0.5) is 0 Å². The van der Waals surface area contributed by atoms with E-state index in [-0.39, 0.29) is 18.8 Å². The third kappa shape index (κ3) is 3.46. The fourth-order valence-electron chi connectivity index (χ4n) is 1.07. The normalized spacial score (nSPS) is 15.1. The topological polar surface area (TPSA) is 55.5 Å². The Balaban J connectivity index is 2.34. The number of ether oxygens (including phenoxy) is 1. The molecule has 14 heavy (non-hydrogen) atoms. The Morgan fingerprint density at radius 2 is 2.00 bits per heavy atom. The van der Waals surface area contributed by atoms with Gasteiger partial charge in [0, 0.05) is 0 Å². The maximum absolute atomic E-state index is 8.80. The van der Waals surface area contributed by atoms with Crippen LogP contribution in [0.15, 0.2) is 30.3 Å². The summed E-state index contributed by atoms with van der Waals surface area (Å²) in [6.45, 7) is 2.36. The van der Waals surface area contributed by atoms with Crippen LogP contribution in [0.25, 0.3) is 0 Å². The van der Waals surface area contributed by atoms with Crippen molar-refractivity contribution in [2.45, 2.75) is 25.7 Å². The van der Waals surface area contributed by atoms with Gasteiger partial charge in [0.1, 0.15) is 0 Å². The number of rotatable bonds is 5.